The van der Waals surface area contributed by atoms with Crippen molar-refractivity contribution in [3.8, 4) is 0 Å². The van der Waals surface area contributed by atoms with Crippen LogP contribution in [0.2, 0.25) is 0 Å². The summed E-state index contributed by atoms with van der Waals surface area (Å²) in [6, 6.07) is 5.24. The minimum Gasteiger partial charge on any atom is -0.330 e. The number of sulfone groups is 1. The molecule has 1 aromatic carbocycles. The molecule has 2 aromatic rings. The summed E-state index contributed by atoms with van der Waals surface area (Å²) < 4.78 is 25.6. The molecule has 0 radical (unpaired) electrons. The smallest absolute Gasteiger partial charge is 0.177 e. The molecule has 0 saturated heterocycles. The maximum Gasteiger partial charge on any atom is 0.177 e. The van der Waals surface area contributed by atoms with Crippen LogP contribution in [-0.2, 0) is 23.4 Å². The van der Waals surface area contributed by atoms with E-state index in [2.05, 4.69) is 31.1 Å². The molecule has 0 aliphatic rings. The van der Waals surface area contributed by atoms with Crippen LogP contribution in [0.4, 0.5) is 0 Å². The molecule has 0 atom stereocenters. The van der Waals surface area contributed by atoms with Gasteiger partial charge in [-0.2, -0.15) is 0 Å². The Morgan fingerprint density at radius 2 is 1.95 bits per heavy atom. The highest BCUT2D eigenvalue weighted by atomic mass is 32.2. The van der Waals surface area contributed by atoms with Gasteiger partial charge in [0.05, 0.1) is 17.0 Å². The van der Waals surface area contributed by atoms with Crippen LogP contribution in [-0.4, -0.2) is 29.8 Å². The van der Waals surface area contributed by atoms with Crippen LogP contribution in [0.25, 0.3) is 11.0 Å². The van der Waals surface area contributed by atoms with Gasteiger partial charge in [0, 0.05) is 18.8 Å². The number of fused-ring (bicyclic) bond motifs is 1. The van der Waals surface area contributed by atoms with E-state index in [-0.39, 0.29) is 10.4 Å². The highest BCUT2D eigenvalue weighted by Gasteiger charge is 2.18. The molecule has 0 fully saturated rings. The lowest BCUT2D eigenvalue weighted by molar-refractivity contribution is 0.415. The van der Waals surface area contributed by atoms with Gasteiger partial charge in [0.1, 0.15) is 11.3 Å². The topological polar surface area (TPSA) is 64.0 Å². The van der Waals surface area contributed by atoms with Crippen LogP contribution in [0.1, 0.15) is 26.6 Å². The zero-order chi connectivity index (χ0) is 15.1. The van der Waals surface area contributed by atoms with Crippen LogP contribution >= 0.6 is 0 Å². The van der Waals surface area contributed by atoms with Crippen molar-refractivity contribution in [2.75, 3.05) is 6.26 Å². The molecule has 0 bridgehead atoms. The lowest BCUT2D eigenvalue weighted by Crippen LogP contribution is -2.35. The second-order valence-corrected chi connectivity index (χ2v) is 8.07. The molecule has 1 N–H and O–H groups in total. The molecule has 20 heavy (non-hydrogen) atoms. The van der Waals surface area contributed by atoms with Gasteiger partial charge < -0.3 is 9.88 Å². The maximum atomic E-state index is 11.8. The number of para-hydroxylation sites is 1. The second-order valence-electron chi connectivity index (χ2n) is 6.09. The molecule has 0 saturated carbocycles. The number of imidazole rings is 1. The minimum atomic E-state index is -3.27. The van der Waals surface area contributed by atoms with Crippen molar-refractivity contribution in [1.82, 2.24) is 14.9 Å². The van der Waals surface area contributed by atoms with Crippen molar-refractivity contribution in [2.45, 2.75) is 37.8 Å². The second kappa shape index (κ2) is 4.86. The van der Waals surface area contributed by atoms with Crippen LogP contribution in [0, 0.1) is 0 Å². The van der Waals surface area contributed by atoms with Gasteiger partial charge in [-0.05, 0) is 32.9 Å². The normalized spacial score (nSPS) is 13.1. The molecule has 110 valence electrons. The van der Waals surface area contributed by atoms with Gasteiger partial charge in [-0.3, -0.25) is 0 Å². The zero-order valence-electron chi connectivity index (χ0n) is 12.6. The van der Waals surface area contributed by atoms with Gasteiger partial charge in [-0.25, -0.2) is 13.4 Å². The molecule has 1 heterocycles. The average Bonchev–Trinajstić information content (AvgIpc) is 2.62. The first-order chi connectivity index (χ1) is 9.09. The number of nitrogens with zero attached hydrogens (tertiary/aromatic N) is 2. The van der Waals surface area contributed by atoms with Crippen LogP contribution < -0.4 is 5.32 Å². The maximum absolute atomic E-state index is 11.8. The standard InChI is InChI=1S/C14H21N3O2S/c1-14(2,3)15-9-12-16-13-10(17(12)4)7-6-8-11(13)20(5,18)19/h6-8,15H,9H2,1-5H3. The van der Waals surface area contributed by atoms with E-state index in [0.29, 0.717) is 12.1 Å². The Balaban J connectivity index is 2.53. The summed E-state index contributed by atoms with van der Waals surface area (Å²) in [4.78, 5) is 4.79. The van der Waals surface area contributed by atoms with Crippen molar-refractivity contribution in [1.29, 1.82) is 0 Å². The molecule has 0 aliphatic heterocycles. The van der Waals surface area contributed by atoms with Crippen molar-refractivity contribution in [2.24, 2.45) is 7.05 Å². The summed E-state index contributed by atoms with van der Waals surface area (Å²) >= 11 is 0. The Hall–Kier alpha value is -1.40. The Labute approximate surface area is 119 Å². The fourth-order valence-corrected chi connectivity index (χ4v) is 2.87. The van der Waals surface area contributed by atoms with Gasteiger partial charge in [0.2, 0.25) is 0 Å². The van der Waals surface area contributed by atoms with Gasteiger partial charge in [0.15, 0.2) is 9.84 Å². The zero-order valence-corrected chi connectivity index (χ0v) is 13.4. The first kappa shape index (κ1) is 15.0. The third kappa shape index (κ3) is 3.02. The van der Waals surface area contributed by atoms with Gasteiger partial charge in [-0.15, -0.1) is 0 Å². The van der Waals surface area contributed by atoms with Crippen LogP contribution in [0.5, 0.6) is 0 Å². The SMILES string of the molecule is Cn1c(CNC(C)(C)C)nc2c(S(C)(=O)=O)cccc21. The Kier molecular flexibility index (Phi) is 3.64. The molecule has 6 heteroatoms. The summed E-state index contributed by atoms with van der Waals surface area (Å²) in [5, 5.41) is 3.37. The number of nitrogens with one attached hydrogen (secondary N) is 1. The average molecular weight is 295 g/mol. The highest BCUT2D eigenvalue weighted by Crippen LogP contribution is 2.23. The van der Waals surface area contributed by atoms with Crippen molar-refractivity contribution in [3.63, 3.8) is 0 Å². The number of aromatic nitrogens is 2. The first-order valence-corrected chi connectivity index (χ1v) is 8.38. The van der Waals surface area contributed by atoms with E-state index in [1.807, 2.05) is 17.7 Å². The highest BCUT2D eigenvalue weighted by molar-refractivity contribution is 7.91. The lowest BCUT2D eigenvalue weighted by Gasteiger charge is -2.20. The third-order valence-corrected chi connectivity index (χ3v) is 4.27. The summed E-state index contributed by atoms with van der Waals surface area (Å²) in [6.07, 6.45) is 1.21. The number of hydrogen-bond donors (Lipinski definition) is 1. The van der Waals surface area contributed by atoms with Gasteiger partial charge in [0.25, 0.3) is 0 Å². The fraction of sp³-hybridized carbons (Fsp3) is 0.500. The number of benzene rings is 1. The first-order valence-electron chi connectivity index (χ1n) is 6.49. The quantitative estimate of drug-likeness (QED) is 0.939. The predicted octanol–water partition coefficient (Wildman–Crippen LogP) is 1.86. The molecule has 0 amide bonds. The summed E-state index contributed by atoms with van der Waals surface area (Å²) in [6.45, 7) is 6.84. The minimum absolute atomic E-state index is 0.0161. The Bertz CT molecular complexity index is 740. The van der Waals surface area contributed by atoms with Crippen molar-refractivity contribution in [3.05, 3.63) is 24.0 Å². The van der Waals surface area contributed by atoms with E-state index < -0.39 is 9.84 Å². The summed E-state index contributed by atoms with van der Waals surface area (Å²) in [5.41, 5.74) is 1.36. The monoisotopic (exact) mass is 295 g/mol. The van der Waals surface area contributed by atoms with E-state index in [4.69, 9.17) is 0 Å². The molecule has 0 unspecified atom stereocenters. The third-order valence-electron chi connectivity index (χ3n) is 3.14. The fourth-order valence-electron chi connectivity index (χ4n) is 2.04. The molecular weight excluding hydrogens is 274 g/mol. The van der Waals surface area contributed by atoms with E-state index in [9.17, 15) is 8.42 Å². The number of rotatable bonds is 3. The molecule has 5 nitrogen and oxygen atoms in total. The number of hydrogen-bond acceptors (Lipinski definition) is 4. The van der Waals surface area contributed by atoms with E-state index >= 15 is 0 Å². The lowest BCUT2D eigenvalue weighted by atomic mass is 10.1. The molecular formula is C14H21N3O2S. The van der Waals surface area contributed by atoms with E-state index in [1.54, 1.807) is 12.1 Å². The summed E-state index contributed by atoms with van der Waals surface area (Å²) in [5.74, 6) is 0.825. The Morgan fingerprint density at radius 3 is 2.50 bits per heavy atom. The van der Waals surface area contributed by atoms with Gasteiger partial charge >= 0.3 is 0 Å². The van der Waals surface area contributed by atoms with E-state index in [0.717, 1.165) is 11.3 Å². The summed E-state index contributed by atoms with van der Waals surface area (Å²) in [7, 11) is -1.37. The van der Waals surface area contributed by atoms with Gasteiger partial charge in [-0.1, -0.05) is 6.07 Å². The molecule has 0 aliphatic carbocycles. The molecule has 2 rings (SSSR count). The van der Waals surface area contributed by atoms with Crippen molar-refractivity contribution < 1.29 is 8.42 Å². The van der Waals surface area contributed by atoms with Crippen LogP contribution in [0.15, 0.2) is 23.1 Å². The van der Waals surface area contributed by atoms with E-state index in [1.165, 1.54) is 6.26 Å². The number of aryl methyl sites for hydroxylation is 1. The molecule has 1 aromatic heterocycles. The Morgan fingerprint density at radius 1 is 1.30 bits per heavy atom. The predicted molar refractivity (Wildman–Crippen MR) is 80.4 cm³/mol. The molecule has 0 spiro atoms. The van der Waals surface area contributed by atoms with Crippen LogP contribution in [0.3, 0.4) is 0 Å². The largest absolute Gasteiger partial charge is 0.330 e. The van der Waals surface area contributed by atoms with Crippen molar-refractivity contribution >= 4 is 20.9 Å².